The molecule has 1 heterocycles. The Hall–Kier alpha value is 0.0300. The van der Waals surface area contributed by atoms with Gasteiger partial charge in [0, 0.05) is 10.6 Å². The number of thioether (sulfide) groups is 1. The maximum atomic E-state index is 9.61. The van der Waals surface area contributed by atoms with Crippen molar-refractivity contribution >= 4 is 35.0 Å². The Morgan fingerprint density at radius 1 is 1.35 bits per heavy atom. The van der Waals surface area contributed by atoms with Gasteiger partial charge in [0.25, 0.3) is 0 Å². The highest BCUT2D eigenvalue weighted by Gasteiger charge is 2.34. The summed E-state index contributed by atoms with van der Waals surface area (Å²) in [4.78, 5) is 0.844. The third-order valence-electron chi connectivity index (χ3n) is 2.58. The molecule has 0 aliphatic carbocycles. The maximum Gasteiger partial charge on any atom is 0.109 e. The van der Waals surface area contributed by atoms with Crippen LogP contribution >= 0.6 is 35.0 Å². The van der Waals surface area contributed by atoms with Crippen LogP contribution in [0.4, 0.5) is 0 Å². The van der Waals surface area contributed by atoms with Gasteiger partial charge in [0.15, 0.2) is 0 Å². The summed E-state index contributed by atoms with van der Waals surface area (Å²) >= 11 is 13.4. The molecule has 0 saturated carbocycles. The Balaban J connectivity index is 1.96. The fourth-order valence-electron chi connectivity index (χ4n) is 1.58. The van der Waals surface area contributed by atoms with Gasteiger partial charge in [-0.2, -0.15) is 0 Å². The van der Waals surface area contributed by atoms with E-state index in [1.54, 1.807) is 6.07 Å². The Kier molecular flexibility index (Phi) is 4.58. The fraction of sp³-hybridized carbons (Fsp3) is 0.455. The molecule has 1 aliphatic heterocycles. The highest BCUT2D eigenvalue weighted by Crippen LogP contribution is 2.34. The van der Waals surface area contributed by atoms with Crippen LogP contribution in [0.5, 0.6) is 0 Å². The normalized spacial score (nSPS) is 28.6. The molecule has 1 saturated heterocycles. The molecule has 3 nitrogen and oxygen atoms in total. The average molecular weight is 295 g/mol. The zero-order valence-corrected chi connectivity index (χ0v) is 11.2. The van der Waals surface area contributed by atoms with Gasteiger partial charge in [0.1, 0.15) is 12.2 Å². The van der Waals surface area contributed by atoms with E-state index >= 15 is 0 Å². The SMILES string of the molecule is OC1COC(CSc2cccc(Cl)c2Cl)C1O. The first kappa shape index (κ1) is 13.5. The van der Waals surface area contributed by atoms with Crippen LogP contribution in [0, 0.1) is 0 Å². The van der Waals surface area contributed by atoms with Crippen molar-refractivity contribution in [3.63, 3.8) is 0 Å². The predicted octanol–water partition coefficient (Wildman–Crippen LogP) is 2.21. The van der Waals surface area contributed by atoms with E-state index in [2.05, 4.69) is 0 Å². The molecule has 6 heteroatoms. The number of aliphatic hydroxyl groups is 2. The van der Waals surface area contributed by atoms with Crippen LogP contribution in [0.3, 0.4) is 0 Å². The third kappa shape index (κ3) is 3.08. The second-order valence-corrected chi connectivity index (χ2v) is 5.64. The summed E-state index contributed by atoms with van der Waals surface area (Å²) in [6.07, 6.45) is -2.00. The third-order valence-corrected chi connectivity index (χ3v) is 4.65. The first-order valence-electron chi connectivity index (χ1n) is 5.14. The quantitative estimate of drug-likeness (QED) is 0.839. The minimum Gasteiger partial charge on any atom is -0.388 e. The summed E-state index contributed by atoms with van der Waals surface area (Å²) in [5, 5.41) is 20.0. The highest BCUT2D eigenvalue weighted by molar-refractivity contribution is 7.99. The molecule has 1 aromatic carbocycles. The van der Waals surface area contributed by atoms with E-state index in [1.807, 2.05) is 12.1 Å². The van der Waals surface area contributed by atoms with E-state index in [9.17, 15) is 10.2 Å². The largest absolute Gasteiger partial charge is 0.388 e. The zero-order chi connectivity index (χ0) is 12.4. The summed E-state index contributed by atoms with van der Waals surface area (Å²) < 4.78 is 5.27. The Labute approximate surface area is 114 Å². The van der Waals surface area contributed by atoms with Crippen molar-refractivity contribution in [1.29, 1.82) is 0 Å². The molecule has 2 N–H and O–H groups in total. The first-order chi connectivity index (χ1) is 8.09. The van der Waals surface area contributed by atoms with Gasteiger partial charge in [-0.1, -0.05) is 29.3 Å². The van der Waals surface area contributed by atoms with Crippen LogP contribution in [0.15, 0.2) is 23.1 Å². The lowest BCUT2D eigenvalue weighted by Gasteiger charge is -2.14. The minimum absolute atomic E-state index is 0.176. The number of rotatable bonds is 3. The van der Waals surface area contributed by atoms with E-state index in [4.69, 9.17) is 27.9 Å². The molecular weight excluding hydrogens is 283 g/mol. The standard InChI is InChI=1S/C11H12Cl2O3S/c12-6-2-1-3-9(10(6)13)17-5-8-11(15)7(14)4-16-8/h1-3,7-8,11,14-15H,4-5H2. The van der Waals surface area contributed by atoms with Gasteiger partial charge in [0.05, 0.1) is 22.8 Å². The Morgan fingerprint density at radius 3 is 2.76 bits per heavy atom. The van der Waals surface area contributed by atoms with Gasteiger partial charge >= 0.3 is 0 Å². The van der Waals surface area contributed by atoms with Crippen molar-refractivity contribution < 1.29 is 14.9 Å². The molecule has 3 atom stereocenters. The number of halogens is 2. The van der Waals surface area contributed by atoms with E-state index in [-0.39, 0.29) is 12.7 Å². The number of ether oxygens (including phenoxy) is 1. The lowest BCUT2D eigenvalue weighted by Crippen LogP contribution is -2.31. The first-order valence-corrected chi connectivity index (χ1v) is 6.88. The summed E-state index contributed by atoms with van der Waals surface area (Å²) in [5.41, 5.74) is 0. The highest BCUT2D eigenvalue weighted by atomic mass is 35.5. The Morgan fingerprint density at radius 2 is 2.12 bits per heavy atom. The molecule has 0 spiro atoms. The topological polar surface area (TPSA) is 49.7 Å². The molecule has 3 unspecified atom stereocenters. The van der Waals surface area contributed by atoms with E-state index < -0.39 is 12.2 Å². The molecule has 1 aliphatic rings. The Bertz CT molecular complexity index is 402. The molecule has 1 aromatic rings. The van der Waals surface area contributed by atoms with Crippen LogP contribution in [-0.4, -0.2) is 40.9 Å². The van der Waals surface area contributed by atoms with Crippen LogP contribution in [-0.2, 0) is 4.74 Å². The minimum atomic E-state index is -0.833. The van der Waals surface area contributed by atoms with E-state index in [0.717, 1.165) is 4.90 Å². The molecule has 0 radical (unpaired) electrons. The number of aliphatic hydroxyl groups excluding tert-OH is 2. The van der Waals surface area contributed by atoms with Gasteiger partial charge in [0.2, 0.25) is 0 Å². The van der Waals surface area contributed by atoms with Crippen molar-refractivity contribution in [2.45, 2.75) is 23.2 Å². The molecule has 0 bridgehead atoms. The van der Waals surface area contributed by atoms with Gasteiger partial charge in [-0.05, 0) is 12.1 Å². The monoisotopic (exact) mass is 294 g/mol. The summed E-state index contributed by atoms with van der Waals surface area (Å²) in [7, 11) is 0. The molecule has 0 aromatic heterocycles. The van der Waals surface area contributed by atoms with E-state index in [1.165, 1.54) is 11.8 Å². The van der Waals surface area contributed by atoms with Gasteiger partial charge in [-0.25, -0.2) is 0 Å². The average Bonchev–Trinajstić information content (AvgIpc) is 2.62. The van der Waals surface area contributed by atoms with Crippen LogP contribution in [0.25, 0.3) is 0 Å². The fourth-order valence-corrected chi connectivity index (χ4v) is 3.15. The zero-order valence-electron chi connectivity index (χ0n) is 8.85. The van der Waals surface area contributed by atoms with Crippen molar-refractivity contribution in [3.8, 4) is 0 Å². The smallest absolute Gasteiger partial charge is 0.109 e. The van der Waals surface area contributed by atoms with Gasteiger partial charge < -0.3 is 14.9 Å². The molecule has 1 fully saturated rings. The number of hydrogen-bond donors (Lipinski definition) is 2. The van der Waals surface area contributed by atoms with Crippen LogP contribution in [0.1, 0.15) is 0 Å². The molecule has 17 heavy (non-hydrogen) atoms. The molecular formula is C11H12Cl2O3S. The molecule has 94 valence electrons. The van der Waals surface area contributed by atoms with Crippen molar-refractivity contribution in [2.24, 2.45) is 0 Å². The number of benzene rings is 1. The second-order valence-electron chi connectivity index (χ2n) is 3.79. The summed E-state index contributed by atoms with van der Waals surface area (Å²) in [6, 6.07) is 5.40. The van der Waals surface area contributed by atoms with Crippen LogP contribution in [0.2, 0.25) is 10.0 Å². The molecule has 0 amide bonds. The van der Waals surface area contributed by atoms with Gasteiger partial charge in [-0.3, -0.25) is 0 Å². The lowest BCUT2D eigenvalue weighted by atomic mass is 10.2. The van der Waals surface area contributed by atoms with E-state index in [0.29, 0.717) is 15.8 Å². The summed E-state index contributed by atoms with van der Waals surface area (Å²) in [6.45, 7) is 0.176. The van der Waals surface area contributed by atoms with Gasteiger partial charge in [-0.15, -0.1) is 11.8 Å². The number of hydrogen-bond acceptors (Lipinski definition) is 4. The maximum absolute atomic E-state index is 9.61. The van der Waals surface area contributed by atoms with Crippen molar-refractivity contribution in [2.75, 3.05) is 12.4 Å². The molecule has 2 rings (SSSR count). The lowest BCUT2D eigenvalue weighted by molar-refractivity contribution is 0.0337. The van der Waals surface area contributed by atoms with Crippen LogP contribution < -0.4 is 0 Å². The predicted molar refractivity (Wildman–Crippen MR) is 68.9 cm³/mol. The van der Waals surface area contributed by atoms with Crippen molar-refractivity contribution in [3.05, 3.63) is 28.2 Å². The summed E-state index contributed by atoms with van der Waals surface area (Å²) in [5.74, 6) is 0.526. The van der Waals surface area contributed by atoms with Crippen molar-refractivity contribution in [1.82, 2.24) is 0 Å². The second kappa shape index (κ2) is 5.78.